The highest BCUT2D eigenvalue weighted by molar-refractivity contribution is 5.79. The van der Waals surface area contributed by atoms with Crippen molar-refractivity contribution in [1.82, 2.24) is 5.32 Å². The molecule has 0 radical (unpaired) electrons. The van der Waals surface area contributed by atoms with Gasteiger partial charge in [0.05, 0.1) is 6.04 Å². The molecule has 0 heterocycles. The largest absolute Gasteiger partial charge is 0.481 e. The van der Waals surface area contributed by atoms with Gasteiger partial charge in [-0.2, -0.15) is 0 Å². The molecule has 0 saturated carbocycles. The second kappa shape index (κ2) is 21.0. The van der Waals surface area contributed by atoms with Gasteiger partial charge >= 0.3 is 5.97 Å². The Morgan fingerprint density at radius 2 is 1.14 bits per heavy atom. The normalized spacial score (nSPS) is 11.7. The SMILES string of the molecule is O=CCCCCCCCCCCCCCCCCC(=O)NC(C=O)CCC(=O)O. The predicted molar refractivity (Wildman–Crippen MR) is 115 cm³/mol. The number of amides is 1. The van der Waals surface area contributed by atoms with Crippen molar-refractivity contribution in [3.8, 4) is 0 Å². The summed E-state index contributed by atoms with van der Waals surface area (Å²) in [5.74, 6) is -1.13. The summed E-state index contributed by atoms with van der Waals surface area (Å²) in [4.78, 5) is 43.3. The fraction of sp³-hybridized carbons (Fsp3) is 0.826. The van der Waals surface area contributed by atoms with Crippen molar-refractivity contribution in [2.24, 2.45) is 0 Å². The minimum Gasteiger partial charge on any atom is -0.481 e. The van der Waals surface area contributed by atoms with Crippen molar-refractivity contribution in [2.75, 3.05) is 0 Å². The molecule has 1 amide bonds. The standard InChI is InChI=1S/C23H41NO5/c25-19-15-13-11-9-7-5-3-1-2-4-6-8-10-12-14-16-22(27)24-21(20-26)17-18-23(28)29/h19-21H,1-18H2,(H,24,27)(H,28,29). The molecule has 0 spiro atoms. The highest BCUT2D eigenvalue weighted by Crippen LogP contribution is 2.13. The first kappa shape index (κ1) is 27.3. The zero-order chi connectivity index (χ0) is 21.6. The molecule has 0 aliphatic heterocycles. The molecule has 2 N–H and O–H groups in total. The summed E-state index contributed by atoms with van der Waals surface area (Å²) in [6.07, 6.45) is 19.4. The van der Waals surface area contributed by atoms with Gasteiger partial charge in [0.2, 0.25) is 5.91 Å². The van der Waals surface area contributed by atoms with Crippen molar-refractivity contribution >= 4 is 24.4 Å². The second-order valence-electron chi connectivity index (χ2n) is 7.90. The van der Waals surface area contributed by atoms with Gasteiger partial charge in [0.1, 0.15) is 12.6 Å². The van der Waals surface area contributed by atoms with E-state index < -0.39 is 12.0 Å². The number of hydrogen-bond acceptors (Lipinski definition) is 4. The minimum atomic E-state index is -0.964. The molecule has 0 aromatic rings. The van der Waals surface area contributed by atoms with Gasteiger partial charge in [-0.25, -0.2) is 0 Å². The van der Waals surface area contributed by atoms with E-state index in [0.717, 1.165) is 32.0 Å². The van der Waals surface area contributed by atoms with Crippen LogP contribution in [0.3, 0.4) is 0 Å². The molecule has 0 aliphatic carbocycles. The Balaban J connectivity index is 3.34. The number of hydrogen-bond donors (Lipinski definition) is 2. The van der Waals surface area contributed by atoms with E-state index in [2.05, 4.69) is 5.32 Å². The third-order valence-electron chi connectivity index (χ3n) is 5.16. The quantitative estimate of drug-likeness (QED) is 0.193. The summed E-state index contributed by atoms with van der Waals surface area (Å²) in [5, 5.41) is 11.2. The summed E-state index contributed by atoms with van der Waals surface area (Å²) >= 11 is 0. The third kappa shape index (κ3) is 20.8. The minimum absolute atomic E-state index is 0.119. The van der Waals surface area contributed by atoms with E-state index in [1.165, 1.54) is 64.2 Å². The van der Waals surface area contributed by atoms with Gasteiger partial charge < -0.3 is 20.0 Å². The Labute approximate surface area is 176 Å². The summed E-state index contributed by atoms with van der Waals surface area (Å²) in [6, 6.07) is -0.693. The first-order valence-corrected chi connectivity index (χ1v) is 11.5. The molecule has 168 valence electrons. The van der Waals surface area contributed by atoms with E-state index in [9.17, 15) is 19.2 Å². The van der Waals surface area contributed by atoms with Crippen LogP contribution in [0.15, 0.2) is 0 Å². The van der Waals surface area contributed by atoms with Gasteiger partial charge in [-0.05, 0) is 19.3 Å². The lowest BCUT2D eigenvalue weighted by Crippen LogP contribution is -2.36. The van der Waals surface area contributed by atoms with Gasteiger partial charge in [-0.1, -0.05) is 77.0 Å². The van der Waals surface area contributed by atoms with Gasteiger partial charge in [0, 0.05) is 19.3 Å². The molecule has 0 aliphatic rings. The van der Waals surface area contributed by atoms with E-state index >= 15 is 0 Å². The van der Waals surface area contributed by atoms with Crippen LogP contribution in [0.5, 0.6) is 0 Å². The molecular formula is C23H41NO5. The molecule has 6 nitrogen and oxygen atoms in total. The van der Waals surface area contributed by atoms with Crippen molar-refractivity contribution in [1.29, 1.82) is 0 Å². The number of nitrogens with one attached hydrogen (secondary N) is 1. The van der Waals surface area contributed by atoms with Crippen LogP contribution in [0.2, 0.25) is 0 Å². The van der Waals surface area contributed by atoms with Crippen molar-refractivity contribution in [3.63, 3.8) is 0 Å². The van der Waals surface area contributed by atoms with Gasteiger partial charge in [-0.3, -0.25) is 9.59 Å². The average Bonchev–Trinajstić information content (AvgIpc) is 2.70. The molecular weight excluding hydrogens is 370 g/mol. The number of aldehydes is 2. The molecule has 1 atom stereocenters. The maximum absolute atomic E-state index is 11.8. The topological polar surface area (TPSA) is 101 Å². The van der Waals surface area contributed by atoms with Crippen LogP contribution in [0, 0.1) is 0 Å². The molecule has 1 unspecified atom stereocenters. The fourth-order valence-electron chi connectivity index (χ4n) is 3.37. The smallest absolute Gasteiger partial charge is 0.303 e. The van der Waals surface area contributed by atoms with Crippen molar-refractivity contribution in [2.45, 2.75) is 122 Å². The molecule has 0 fully saturated rings. The van der Waals surface area contributed by atoms with Crippen LogP contribution in [0.25, 0.3) is 0 Å². The fourth-order valence-corrected chi connectivity index (χ4v) is 3.37. The lowest BCUT2D eigenvalue weighted by molar-refractivity contribution is -0.137. The van der Waals surface area contributed by atoms with Crippen LogP contribution in [-0.4, -0.2) is 35.6 Å². The highest BCUT2D eigenvalue weighted by Gasteiger charge is 2.12. The number of unbranched alkanes of at least 4 members (excludes halogenated alkanes) is 14. The number of carboxylic acid groups (broad SMARTS) is 1. The molecule has 29 heavy (non-hydrogen) atoms. The maximum atomic E-state index is 11.8. The number of carbonyl (C=O) groups is 4. The average molecular weight is 412 g/mol. The van der Waals surface area contributed by atoms with E-state index in [1.807, 2.05) is 0 Å². The number of carbonyl (C=O) groups excluding carboxylic acids is 3. The molecule has 0 saturated heterocycles. The van der Waals surface area contributed by atoms with E-state index in [-0.39, 0.29) is 18.7 Å². The summed E-state index contributed by atoms with van der Waals surface area (Å²) in [7, 11) is 0. The van der Waals surface area contributed by atoms with E-state index in [4.69, 9.17) is 5.11 Å². The first-order chi connectivity index (χ1) is 14.1. The van der Waals surface area contributed by atoms with Gasteiger partial charge in [0.25, 0.3) is 0 Å². The number of rotatable bonds is 22. The van der Waals surface area contributed by atoms with Gasteiger partial charge in [0.15, 0.2) is 0 Å². The predicted octanol–water partition coefficient (Wildman–Crippen LogP) is 4.98. The highest BCUT2D eigenvalue weighted by atomic mass is 16.4. The van der Waals surface area contributed by atoms with E-state index in [1.54, 1.807) is 0 Å². The third-order valence-corrected chi connectivity index (χ3v) is 5.16. The van der Waals surface area contributed by atoms with Crippen LogP contribution < -0.4 is 5.32 Å². The van der Waals surface area contributed by atoms with Crippen molar-refractivity contribution in [3.05, 3.63) is 0 Å². The zero-order valence-electron chi connectivity index (χ0n) is 18.0. The second-order valence-corrected chi connectivity index (χ2v) is 7.90. The van der Waals surface area contributed by atoms with Crippen molar-refractivity contribution < 1.29 is 24.3 Å². The van der Waals surface area contributed by atoms with Gasteiger partial charge in [-0.15, -0.1) is 0 Å². The molecule has 0 rings (SSSR count). The first-order valence-electron chi connectivity index (χ1n) is 11.5. The zero-order valence-corrected chi connectivity index (χ0v) is 18.0. The Hall–Kier alpha value is -1.72. The van der Waals surface area contributed by atoms with Crippen LogP contribution in [0.1, 0.15) is 116 Å². The molecule has 0 aromatic carbocycles. The summed E-state index contributed by atoms with van der Waals surface area (Å²) < 4.78 is 0. The molecule has 0 bridgehead atoms. The summed E-state index contributed by atoms with van der Waals surface area (Å²) in [5.41, 5.74) is 0. The Kier molecular flexibility index (Phi) is 19.8. The van der Waals surface area contributed by atoms with E-state index in [0.29, 0.717) is 19.1 Å². The van der Waals surface area contributed by atoms with Crippen LogP contribution in [0.4, 0.5) is 0 Å². The molecule has 6 heteroatoms. The monoisotopic (exact) mass is 411 g/mol. The Bertz CT molecular complexity index is 439. The maximum Gasteiger partial charge on any atom is 0.303 e. The number of aliphatic carboxylic acids is 1. The lowest BCUT2D eigenvalue weighted by atomic mass is 10.0. The Morgan fingerprint density at radius 1 is 0.690 bits per heavy atom. The lowest BCUT2D eigenvalue weighted by Gasteiger charge is -2.11. The Morgan fingerprint density at radius 3 is 1.55 bits per heavy atom. The number of carboxylic acids is 1. The van der Waals surface area contributed by atoms with Crippen LogP contribution >= 0.6 is 0 Å². The molecule has 0 aromatic heterocycles. The van der Waals surface area contributed by atoms with Crippen LogP contribution in [-0.2, 0) is 19.2 Å². The summed E-state index contributed by atoms with van der Waals surface area (Å²) in [6.45, 7) is 0.